The second kappa shape index (κ2) is 10.0. The highest BCUT2D eigenvalue weighted by Crippen LogP contribution is 2.29. The fraction of sp³-hybridized carbons (Fsp3) is 0.238. The van der Waals surface area contributed by atoms with Crippen LogP contribution >= 0.6 is 0 Å². The van der Waals surface area contributed by atoms with Crippen LogP contribution in [-0.4, -0.2) is 30.1 Å². The zero-order chi connectivity index (χ0) is 20.5. The lowest BCUT2D eigenvalue weighted by Gasteiger charge is -2.19. The molecule has 0 unspecified atom stereocenters. The number of carbonyl (C=O) groups is 1. The summed E-state index contributed by atoms with van der Waals surface area (Å²) in [6, 6.07) is 10.8. The second-order valence-electron chi connectivity index (χ2n) is 6.00. The van der Waals surface area contributed by atoms with Gasteiger partial charge < -0.3 is 25.6 Å². The zero-order valence-electron chi connectivity index (χ0n) is 15.8. The van der Waals surface area contributed by atoms with Crippen LogP contribution in [0.15, 0.2) is 55.1 Å². The van der Waals surface area contributed by atoms with Crippen molar-refractivity contribution in [3.63, 3.8) is 0 Å². The number of ether oxygens (including phenoxy) is 2. The van der Waals surface area contributed by atoms with Crippen molar-refractivity contribution in [2.24, 2.45) is 5.73 Å². The highest BCUT2D eigenvalue weighted by Gasteiger charge is 2.21. The predicted molar refractivity (Wildman–Crippen MR) is 109 cm³/mol. The van der Waals surface area contributed by atoms with Crippen molar-refractivity contribution >= 4 is 17.5 Å². The van der Waals surface area contributed by atoms with Crippen LogP contribution in [0.4, 0.5) is 5.69 Å². The van der Waals surface area contributed by atoms with E-state index in [1.54, 1.807) is 48.5 Å². The number of rotatable bonds is 11. The summed E-state index contributed by atoms with van der Waals surface area (Å²) in [6.45, 7) is 6.41. The molecule has 2 aromatic carbocycles. The molecule has 0 amide bonds. The van der Waals surface area contributed by atoms with Gasteiger partial charge in [0.05, 0.1) is 13.2 Å². The lowest BCUT2D eigenvalue weighted by Crippen LogP contribution is -2.21. The standard InChI is InChI=1S/C21H25N3O4/c1-3-5-10-28-18-12-15(11-17(13-18)27-4-2)19(21(25)26)24-16-8-6-14(7-9-16)20(22)23/h3,6-9,11-13,19,24H,1,4-5,10H2,2H3,(H3,22,23)(H,25,26)/t19-/m1/s1. The molecule has 0 bridgehead atoms. The average molecular weight is 383 g/mol. The molecule has 7 nitrogen and oxygen atoms in total. The Morgan fingerprint density at radius 2 is 1.89 bits per heavy atom. The first-order valence-electron chi connectivity index (χ1n) is 8.90. The number of hydrogen-bond acceptors (Lipinski definition) is 5. The fourth-order valence-corrected chi connectivity index (χ4v) is 2.55. The second-order valence-corrected chi connectivity index (χ2v) is 6.00. The van der Waals surface area contributed by atoms with E-state index in [0.29, 0.717) is 47.9 Å². The molecule has 7 heteroatoms. The summed E-state index contributed by atoms with van der Waals surface area (Å²) >= 11 is 0. The molecule has 0 fully saturated rings. The lowest BCUT2D eigenvalue weighted by molar-refractivity contribution is -0.138. The average Bonchev–Trinajstić information content (AvgIpc) is 2.66. The number of amidine groups is 1. The normalized spacial score (nSPS) is 11.3. The predicted octanol–water partition coefficient (Wildman–Crippen LogP) is 3.56. The Hall–Kier alpha value is -3.48. The number of nitrogens with two attached hydrogens (primary N) is 1. The molecule has 5 N–H and O–H groups in total. The molecular formula is C21H25N3O4. The molecule has 0 aliphatic heterocycles. The number of benzene rings is 2. The third-order valence-corrected chi connectivity index (χ3v) is 3.89. The molecule has 2 rings (SSSR count). The number of anilines is 1. The minimum Gasteiger partial charge on any atom is -0.494 e. The van der Waals surface area contributed by atoms with Gasteiger partial charge >= 0.3 is 5.97 Å². The first-order chi connectivity index (χ1) is 13.4. The van der Waals surface area contributed by atoms with Crippen molar-refractivity contribution in [2.45, 2.75) is 19.4 Å². The Morgan fingerprint density at radius 1 is 1.25 bits per heavy atom. The van der Waals surface area contributed by atoms with E-state index in [-0.39, 0.29) is 5.84 Å². The minimum atomic E-state index is -1.04. The van der Waals surface area contributed by atoms with E-state index in [9.17, 15) is 9.90 Å². The van der Waals surface area contributed by atoms with Crippen LogP contribution in [0.5, 0.6) is 11.5 Å². The molecule has 0 aliphatic carbocycles. The third kappa shape index (κ3) is 5.77. The van der Waals surface area contributed by atoms with E-state index < -0.39 is 12.0 Å². The first-order valence-corrected chi connectivity index (χ1v) is 8.90. The Bertz CT molecular complexity index is 834. The Morgan fingerprint density at radius 3 is 2.43 bits per heavy atom. The van der Waals surface area contributed by atoms with Crippen LogP contribution in [-0.2, 0) is 4.79 Å². The summed E-state index contributed by atoms with van der Waals surface area (Å²) in [7, 11) is 0. The van der Waals surface area contributed by atoms with Crippen molar-refractivity contribution in [1.82, 2.24) is 0 Å². The van der Waals surface area contributed by atoms with Crippen LogP contribution in [0, 0.1) is 5.41 Å². The summed E-state index contributed by atoms with van der Waals surface area (Å²) in [5.41, 5.74) is 7.11. The van der Waals surface area contributed by atoms with E-state index in [2.05, 4.69) is 11.9 Å². The molecule has 1 atom stereocenters. The third-order valence-electron chi connectivity index (χ3n) is 3.89. The Kier molecular flexibility index (Phi) is 7.45. The maximum Gasteiger partial charge on any atom is 0.330 e. The molecule has 0 aliphatic rings. The molecule has 0 spiro atoms. The van der Waals surface area contributed by atoms with E-state index in [4.69, 9.17) is 20.6 Å². The summed E-state index contributed by atoms with van der Waals surface area (Å²) < 4.78 is 11.2. The fourth-order valence-electron chi connectivity index (χ4n) is 2.55. The molecule has 0 heterocycles. The molecule has 28 heavy (non-hydrogen) atoms. The van der Waals surface area contributed by atoms with Gasteiger partial charge in [-0.25, -0.2) is 4.79 Å². The highest BCUT2D eigenvalue weighted by molar-refractivity contribution is 5.95. The van der Waals surface area contributed by atoms with Gasteiger partial charge in [-0.15, -0.1) is 6.58 Å². The first kappa shape index (κ1) is 20.8. The monoisotopic (exact) mass is 383 g/mol. The van der Waals surface area contributed by atoms with Crippen LogP contribution < -0.4 is 20.5 Å². The van der Waals surface area contributed by atoms with Crippen molar-refractivity contribution in [2.75, 3.05) is 18.5 Å². The maximum atomic E-state index is 11.9. The highest BCUT2D eigenvalue weighted by atomic mass is 16.5. The Balaban J connectivity index is 2.30. The number of aliphatic carboxylic acids is 1. The van der Waals surface area contributed by atoms with Crippen LogP contribution in [0.2, 0.25) is 0 Å². The summed E-state index contributed by atoms with van der Waals surface area (Å²) in [5, 5.41) is 20.2. The molecule has 0 saturated heterocycles. The number of carboxylic acid groups (broad SMARTS) is 1. The number of carboxylic acids is 1. The largest absolute Gasteiger partial charge is 0.494 e. The van der Waals surface area contributed by atoms with Gasteiger partial charge in [-0.2, -0.15) is 0 Å². The topological polar surface area (TPSA) is 118 Å². The quantitative estimate of drug-likeness (QED) is 0.204. The molecule has 0 saturated carbocycles. The SMILES string of the molecule is C=CCCOc1cc(OCC)cc([C@@H](Nc2ccc(C(=N)N)cc2)C(=O)O)c1. The molecular weight excluding hydrogens is 358 g/mol. The van der Waals surface area contributed by atoms with Gasteiger partial charge in [-0.05, 0) is 55.3 Å². The summed E-state index contributed by atoms with van der Waals surface area (Å²) in [6.07, 6.45) is 2.43. The molecule has 0 radical (unpaired) electrons. The van der Waals surface area contributed by atoms with Crippen molar-refractivity contribution < 1.29 is 19.4 Å². The van der Waals surface area contributed by atoms with Gasteiger partial charge in [0, 0.05) is 17.3 Å². The van der Waals surface area contributed by atoms with Crippen LogP contribution in [0.1, 0.15) is 30.5 Å². The van der Waals surface area contributed by atoms with Gasteiger partial charge in [0.15, 0.2) is 6.04 Å². The molecule has 0 aromatic heterocycles. The van der Waals surface area contributed by atoms with E-state index in [0.717, 1.165) is 0 Å². The van der Waals surface area contributed by atoms with Crippen LogP contribution in [0.25, 0.3) is 0 Å². The van der Waals surface area contributed by atoms with E-state index >= 15 is 0 Å². The number of nitrogen functional groups attached to an aromatic ring is 1. The molecule has 2 aromatic rings. The summed E-state index contributed by atoms with van der Waals surface area (Å²) in [5.74, 6) is -0.0234. The number of hydrogen-bond donors (Lipinski definition) is 4. The lowest BCUT2D eigenvalue weighted by atomic mass is 10.1. The Labute approximate surface area is 164 Å². The van der Waals surface area contributed by atoms with Gasteiger partial charge in [0.25, 0.3) is 0 Å². The van der Waals surface area contributed by atoms with Gasteiger partial charge in [-0.1, -0.05) is 6.08 Å². The summed E-state index contributed by atoms with van der Waals surface area (Å²) in [4.78, 5) is 11.9. The van der Waals surface area contributed by atoms with Crippen molar-refractivity contribution in [1.29, 1.82) is 5.41 Å². The zero-order valence-corrected chi connectivity index (χ0v) is 15.8. The number of nitrogens with one attached hydrogen (secondary N) is 2. The van der Waals surface area contributed by atoms with Gasteiger partial charge in [-0.3, -0.25) is 5.41 Å². The van der Waals surface area contributed by atoms with Gasteiger partial charge in [0.1, 0.15) is 17.3 Å². The minimum absolute atomic E-state index is 0.0490. The van der Waals surface area contributed by atoms with Gasteiger partial charge in [0.2, 0.25) is 0 Å². The maximum absolute atomic E-state index is 11.9. The van der Waals surface area contributed by atoms with Crippen LogP contribution in [0.3, 0.4) is 0 Å². The van der Waals surface area contributed by atoms with Crippen molar-refractivity contribution in [3.05, 3.63) is 66.2 Å². The van der Waals surface area contributed by atoms with Crippen molar-refractivity contribution in [3.8, 4) is 11.5 Å². The van der Waals surface area contributed by atoms with E-state index in [1.807, 2.05) is 6.92 Å². The molecule has 148 valence electrons. The van der Waals surface area contributed by atoms with E-state index in [1.165, 1.54) is 0 Å². The smallest absolute Gasteiger partial charge is 0.330 e.